The van der Waals surface area contributed by atoms with Gasteiger partial charge in [-0.1, -0.05) is 0 Å². The predicted octanol–water partition coefficient (Wildman–Crippen LogP) is 4.20. The van der Waals surface area contributed by atoms with Gasteiger partial charge in [0.05, 0.1) is 44.7 Å². The number of morpholine rings is 1. The monoisotopic (exact) mass is 457 g/mol. The first-order valence-corrected chi connectivity index (χ1v) is 10.7. The lowest BCUT2D eigenvalue weighted by Crippen LogP contribution is -2.45. The zero-order valence-electron chi connectivity index (χ0n) is 19.3. The fraction of sp³-hybridized carbons (Fsp3) is 0.375. The summed E-state index contributed by atoms with van der Waals surface area (Å²) in [7, 11) is 4.58. The predicted molar refractivity (Wildman–Crippen MR) is 125 cm³/mol. The van der Waals surface area contributed by atoms with Crippen LogP contribution < -0.4 is 24.4 Å². The molecule has 2 unspecified atom stereocenters. The summed E-state index contributed by atoms with van der Waals surface area (Å²) in [6.45, 7) is 5.15. The lowest BCUT2D eigenvalue weighted by atomic mass is 10.1. The highest BCUT2D eigenvalue weighted by Gasteiger charge is 2.25. The van der Waals surface area contributed by atoms with Gasteiger partial charge in [-0.3, -0.25) is 4.79 Å². The zero-order chi connectivity index (χ0) is 23.7. The maximum atomic E-state index is 14.9. The van der Waals surface area contributed by atoms with Crippen LogP contribution in [0.5, 0.6) is 17.2 Å². The molecule has 1 amide bonds. The third kappa shape index (κ3) is 4.41. The molecule has 2 atom stereocenters. The van der Waals surface area contributed by atoms with E-state index in [4.69, 9.17) is 18.9 Å². The quantitative estimate of drug-likeness (QED) is 0.577. The number of anilines is 2. The van der Waals surface area contributed by atoms with Crippen LogP contribution >= 0.6 is 0 Å². The summed E-state index contributed by atoms with van der Waals surface area (Å²) < 4.78 is 36.9. The van der Waals surface area contributed by atoms with Gasteiger partial charge in [0.1, 0.15) is 17.3 Å². The summed E-state index contributed by atoms with van der Waals surface area (Å²) in [5.41, 5.74) is 1.68. The molecule has 1 aliphatic rings. The fourth-order valence-corrected chi connectivity index (χ4v) is 4.27. The minimum absolute atomic E-state index is 0.0159. The number of hydrogen-bond acceptors (Lipinski definition) is 6. The van der Waals surface area contributed by atoms with Crippen LogP contribution in [0.15, 0.2) is 30.3 Å². The maximum Gasteiger partial charge on any atom is 0.272 e. The molecular weight excluding hydrogens is 429 g/mol. The van der Waals surface area contributed by atoms with Gasteiger partial charge in [-0.05, 0) is 38.1 Å². The van der Waals surface area contributed by atoms with Crippen LogP contribution in [-0.2, 0) is 4.74 Å². The van der Waals surface area contributed by atoms with Crippen molar-refractivity contribution in [3.63, 3.8) is 0 Å². The highest BCUT2D eigenvalue weighted by atomic mass is 19.1. The Bertz CT molecular complexity index is 1170. The molecule has 176 valence electrons. The van der Waals surface area contributed by atoms with E-state index in [2.05, 4.69) is 10.3 Å². The number of methoxy groups -OCH3 is 3. The fourth-order valence-electron chi connectivity index (χ4n) is 4.27. The summed E-state index contributed by atoms with van der Waals surface area (Å²) in [5.74, 6) is 0.632. The standard InChI is InChI=1S/C24H28FN3O5/c1-13-11-28(12-14(2)33-13)19-7-6-15(8-17(19)25)26-24(29)18-9-16-20(30-3)10-21(31-4)23(32-5)22(16)27-18/h6-10,13-14,27H,11-12H2,1-5H3,(H,26,29). The van der Waals surface area contributed by atoms with Gasteiger partial charge < -0.3 is 34.1 Å². The van der Waals surface area contributed by atoms with E-state index in [-0.39, 0.29) is 17.9 Å². The largest absolute Gasteiger partial charge is 0.496 e. The second-order valence-electron chi connectivity index (χ2n) is 8.07. The molecule has 0 saturated carbocycles. The van der Waals surface area contributed by atoms with Crippen LogP contribution in [0, 0.1) is 5.82 Å². The van der Waals surface area contributed by atoms with Crippen LogP contribution in [0.25, 0.3) is 10.9 Å². The van der Waals surface area contributed by atoms with Gasteiger partial charge in [-0.25, -0.2) is 4.39 Å². The first-order chi connectivity index (χ1) is 15.8. The highest BCUT2D eigenvalue weighted by Crippen LogP contribution is 2.41. The molecule has 4 rings (SSSR count). The van der Waals surface area contributed by atoms with Crippen molar-refractivity contribution in [3.8, 4) is 17.2 Å². The van der Waals surface area contributed by atoms with Crippen molar-refractivity contribution in [2.45, 2.75) is 26.1 Å². The average molecular weight is 458 g/mol. The Morgan fingerprint density at radius 1 is 1.06 bits per heavy atom. The van der Waals surface area contributed by atoms with Crippen LogP contribution in [0.2, 0.25) is 0 Å². The lowest BCUT2D eigenvalue weighted by Gasteiger charge is -2.37. The molecule has 1 saturated heterocycles. The molecular formula is C24H28FN3O5. The SMILES string of the molecule is COc1cc(OC)c2cc(C(=O)Nc3ccc(N4CC(C)OC(C)C4)c(F)c3)[nH]c2c1OC. The number of ether oxygens (including phenoxy) is 4. The molecule has 1 aromatic heterocycles. The summed E-state index contributed by atoms with van der Waals surface area (Å²) in [6, 6.07) is 8.04. The second kappa shape index (κ2) is 9.19. The molecule has 3 aromatic rings. The Balaban J connectivity index is 1.59. The molecule has 2 aromatic carbocycles. The van der Waals surface area contributed by atoms with Crippen molar-refractivity contribution in [1.29, 1.82) is 0 Å². The molecule has 0 aliphatic carbocycles. The number of nitrogens with one attached hydrogen (secondary N) is 2. The van der Waals surface area contributed by atoms with Gasteiger partial charge in [-0.2, -0.15) is 0 Å². The van der Waals surface area contributed by atoms with Gasteiger partial charge in [0.25, 0.3) is 5.91 Å². The van der Waals surface area contributed by atoms with Gasteiger partial charge in [0, 0.05) is 30.2 Å². The van der Waals surface area contributed by atoms with Crippen molar-refractivity contribution < 1.29 is 28.1 Å². The number of halogens is 1. The molecule has 9 heteroatoms. The van der Waals surface area contributed by atoms with E-state index in [0.29, 0.717) is 52.6 Å². The van der Waals surface area contributed by atoms with Crippen molar-refractivity contribution in [1.82, 2.24) is 4.98 Å². The van der Waals surface area contributed by atoms with Crippen molar-refractivity contribution >= 4 is 28.2 Å². The number of nitrogens with zero attached hydrogens (tertiary/aromatic N) is 1. The molecule has 33 heavy (non-hydrogen) atoms. The number of hydrogen-bond donors (Lipinski definition) is 2. The molecule has 1 fully saturated rings. The molecule has 0 radical (unpaired) electrons. The van der Waals surface area contributed by atoms with E-state index < -0.39 is 11.7 Å². The average Bonchev–Trinajstić information content (AvgIpc) is 3.22. The maximum absolute atomic E-state index is 14.9. The topological polar surface area (TPSA) is 85.0 Å². The Hall–Kier alpha value is -3.46. The number of fused-ring (bicyclic) bond motifs is 1. The molecule has 0 spiro atoms. The molecule has 1 aliphatic heterocycles. The zero-order valence-corrected chi connectivity index (χ0v) is 19.3. The Morgan fingerprint density at radius 2 is 1.76 bits per heavy atom. The number of carbonyl (C=O) groups is 1. The van der Waals surface area contributed by atoms with Gasteiger partial charge in [0.2, 0.25) is 0 Å². The first kappa shape index (κ1) is 22.7. The Labute approximate surface area is 191 Å². The van der Waals surface area contributed by atoms with E-state index in [1.165, 1.54) is 27.4 Å². The molecule has 2 N–H and O–H groups in total. The van der Waals surface area contributed by atoms with E-state index >= 15 is 0 Å². The van der Waals surface area contributed by atoms with Gasteiger partial charge in [0.15, 0.2) is 11.5 Å². The Kier molecular flexibility index (Phi) is 6.33. The van der Waals surface area contributed by atoms with Crippen molar-refractivity contribution in [2.24, 2.45) is 0 Å². The van der Waals surface area contributed by atoms with Crippen LogP contribution in [-0.4, -0.2) is 57.5 Å². The second-order valence-corrected chi connectivity index (χ2v) is 8.07. The number of amides is 1. The first-order valence-electron chi connectivity index (χ1n) is 10.7. The lowest BCUT2D eigenvalue weighted by molar-refractivity contribution is -0.00539. The summed E-state index contributed by atoms with van der Waals surface area (Å²) >= 11 is 0. The number of rotatable bonds is 6. The van der Waals surface area contributed by atoms with Crippen LogP contribution in [0.4, 0.5) is 15.8 Å². The summed E-state index contributed by atoms with van der Waals surface area (Å²) in [5, 5.41) is 3.41. The van der Waals surface area contributed by atoms with Gasteiger partial charge >= 0.3 is 0 Å². The number of aromatic amines is 1. The third-order valence-corrected chi connectivity index (χ3v) is 5.65. The molecule has 8 nitrogen and oxygen atoms in total. The Morgan fingerprint density at radius 3 is 2.36 bits per heavy atom. The highest BCUT2D eigenvalue weighted by molar-refractivity contribution is 6.08. The van der Waals surface area contributed by atoms with Crippen LogP contribution in [0.3, 0.4) is 0 Å². The summed E-state index contributed by atoms with van der Waals surface area (Å²) in [6.07, 6.45) is 0.0318. The minimum Gasteiger partial charge on any atom is -0.496 e. The van der Waals surface area contributed by atoms with Crippen LogP contribution in [0.1, 0.15) is 24.3 Å². The van der Waals surface area contributed by atoms with E-state index in [1.807, 2.05) is 18.7 Å². The van der Waals surface area contributed by atoms with Gasteiger partial charge in [-0.15, -0.1) is 0 Å². The van der Waals surface area contributed by atoms with Crippen molar-refractivity contribution in [2.75, 3.05) is 44.6 Å². The van der Waals surface area contributed by atoms with E-state index in [1.54, 1.807) is 24.3 Å². The molecule has 2 heterocycles. The minimum atomic E-state index is -0.421. The number of carbonyl (C=O) groups excluding carboxylic acids is 1. The normalized spacial score (nSPS) is 18.3. The summed E-state index contributed by atoms with van der Waals surface area (Å²) in [4.78, 5) is 17.9. The number of H-pyrrole nitrogens is 1. The third-order valence-electron chi connectivity index (χ3n) is 5.65. The van der Waals surface area contributed by atoms with Crippen molar-refractivity contribution in [3.05, 3.63) is 41.8 Å². The van der Waals surface area contributed by atoms with E-state index in [0.717, 1.165) is 0 Å². The smallest absolute Gasteiger partial charge is 0.272 e. The van der Waals surface area contributed by atoms with E-state index in [9.17, 15) is 9.18 Å². The number of benzene rings is 2. The molecule has 0 bridgehead atoms. The number of aromatic nitrogens is 1.